The van der Waals surface area contributed by atoms with E-state index in [1.807, 2.05) is 13.1 Å². The molecule has 1 aromatic carbocycles. The topological polar surface area (TPSA) is 45.7 Å². The minimum Gasteiger partial charge on any atom is -0.490 e. The molecule has 0 atom stereocenters. The third-order valence-corrected chi connectivity index (χ3v) is 4.93. The SMILES string of the molecule is CN=C(NCc1ccccc1OC1CCC1)NC1CCCCC1.I. The molecule has 0 spiro atoms. The van der Waals surface area contributed by atoms with Crippen molar-refractivity contribution in [3.05, 3.63) is 29.8 Å². The first kappa shape index (κ1) is 19.3. The molecule has 0 aliphatic heterocycles. The van der Waals surface area contributed by atoms with Crippen molar-refractivity contribution < 1.29 is 4.74 Å². The predicted molar refractivity (Wildman–Crippen MR) is 110 cm³/mol. The van der Waals surface area contributed by atoms with Gasteiger partial charge in [-0.05, 0) is 38.2 Å². The molecule has 2 N–H and O–H groups in total. The quantitative estimate of drug-likeness (QED) is 0.407. The Labute approximate surface area is 162 Å². The molecule has 0 aromatic heterocycles. The molecule has 1 aromatic rings. The molecule has 0 bridgehead atoms. The molecule has 0 amide bonds. The van der Waals surface area contributed by atoms with Crippen LogP contribution in [0.5, 0.6) is 5.75 Å². The fraction of sp³-hybridized carbons (Fsp3) is 0.632. The number of nitrogens with zero attached hydrogens (tertiary/aromatic N) is 1. The highest BCUT2D eigenvalue weighted by atomic mass is 127. The maximum atomic E-state index is 6.10. The van der Waals surface area contributed by atoms with Gasteiger partial charge in [0.1, 0.15) is 5.75 Å². The summed E-state index contributed by atoms with van der Waals surface area (Å²) in [4.78, 5) is 4.37. The van der Waals surface area contributed by atoms with Crippen LogP contribution in [0.25, 0.3) is 0 Å². The molecule has 0 unspecified atom stereocenters. The lowest BCUT2D eigenvalue weighted by molar-refractivity contribution is 0.119. The van der Waals surface area contributed by atoms with Crippen LogP contribution in [-0.2, 0) is 6.54 Å². The Kier molecular flexibility index (Phi) is 8.15. The number of aliphatic imine (C=N–C) groups is 1. The zero-order chi connectivity index (χ0) is 15.9. The monoisotopic (exact) mass is 443 g/mol. The Morgan fingerprint density at radius 2 is 1.83 bits per heavy atom. The van der Waals surface area contributed by atoms with E-state index in [0.29, 0.717) is 12.1 Å². The van der Waals surface area contributed by atoms with Gasteiger partial charge in [-0.25, -0.2) is 0 Å². The number of ether oxygens (including phenoxy) is 1. The van der Waals surface area contributed by atoms with Gasteiger partial charge in [0.25, 0.3) is 0 Å². The van der Waals surface area contributed by atoms with E-state index in [1.54, 1.807) is 0 Å². The third kappa shape index (κ3) is 5.53. The van der Waals surface area contributed by atoms with Crippen molar-refractivity contribution >= 4 is 29.9 Å². The van der Waals surface area contributed by atoms with E-state index in [4.69, 9.17) is 4.74 Å². The van der Waals surface area contributed by atoms with Crippen LogP contribution in [-0.4, -0.2) is 25.2 Å². The van der Waals surface area contributed by atoms with E-state index < -0.39 is 0 Å². The molecule has 0 radical (unpaired) electrons. The van der Waals surface area contributed by atoms with Gasteiger partial charge in [-0.15, -0.1) is 24.0 Å². The number of nitrogens with one attached hydrogen (secondary N) is 2. The minimum atomic E-state index is 0. The van der Waals surface area contributed by atoms with Crippen molar-refractivity contribution in [3.63, 3.8) is 0 Å². The molecule has 134 valence electrons. The summed E-state index contributed by atoms with van der Waals surface area (Å²) in [5, 5.41) is 7.00. The highest BCUT2D eigenvalue weighted by Gasteiger charge is 2.20. The van der Waals surface area contributed by atoms with Gasteiger partial charge in [-0.3, -0.25) is 4.99 Å². The van der Waals surface area contributed by atoms with Gasteiger partial charge < -0.3 is 15.4 Å². The number of guanidine groups is 1. The number of hydrogen-bond donors (Lipinski definition) is 2. The Morgan fingerprint density at radius 3 is 2.50 bits per heavy atom. The van der Waals surface area contributed by atoms with Gasteiger partial charge >= 0.3 is 0 Å². The number of para-hydroxylation sites is 1. The Hall–Kier alpha value is -0.980. The standard InChI is InChI=1S/C19H29N3O.HI/c1-20-19(22-16-9-3-2-4-10-16)21-14-15-8-5-6-13-18(15)23-17-11-7-12-17;/h5-6,8,13,16-17H,2-4,7,9-12,14H2,1H3,(H2,20,21,22);1H. The molecule has 2 saturated carbocycles. The summed E-state index contributed by atoms with van der Waals surface area (Å²) in [6, 6.07) is 8.90. The summed E-state index contributed by atoms with van der Waals surface area (Å²) in [6.45, 7) is 0.745. The number of halogens is 1. The molecule has 2 aliphatic rings. The molecule has 2 aliphatic carbocycles. The fourth-order valence-electron chi connectivity index (χ4n) is 3.25. The van der Waals surface area contributed by atoms with E-state index in [9.17, 15) is 0 Å². The molecule has 3 rings (SSSR count). The second-order valence-corrected chi connectivity index (χ2v) is 6.68. The largest absolute Gasteiger partial charge is 0.490 e. The summed E-state index contributed by atoms with van der Waals surface area (Å²) in [5.74, 6) is 1.91. The van der Waals surface area contributed by atoms with E-state index >= 15 is 0 Å². The smallest absolute Gasteiger partial charge is 0.191 e. The summed E-state index contributed by atoms with van der Waals surface area (Å²) < 4.78 is 6.10. The molecule has 5 heteroatoms. The lowest BCUT2D eigenvalue weighted by atomic mass is 9.96. The molecule has 4 nitrogen and oxygen atoms in total. The summed E-state index contributed by atoms with van der Waals surface area (Å²) in [7, 11) is 1.84. The molecular formula is C19H30IN3O. The maximum Gasteiger partial charge on any atom is 0.191 e. The van der Waals surface area contributed by atoms with Crippen LogP contribution < -0.4 is 15.4 Å². The van der Waals surface area contributed by atoms with E-state index in [1.165, 1.54) is 56.9 Å². The van der Waals surface area contributed by atoms with Gasteiger partial charge in [0.05, 0.1) is 6.10 Å². The maximum absolute atomic E-state index is 6.10. The lowest BCUT2D eigenvalue weighted by Crippen LogP contribution is -2.43. The van der Waals surface area contributed by atoms with Gasteiger partial charge in [-0.2, -0.15) is 0 Å². The van der Waals surface area contributed by atoms with Crippen molar-refractivity contribution in [1.82, 2.24) is 10.6 Å². The first-order valence-corrected chi connectivity index (χ1v) is 9.07. The summed E-state index contributed by atoms with van der Waals surface area (Å²) in [6.07, 6.45) is 10.6. The van der Waals surface area contributed by atoms with Gasteiger partial charge in [0, 0.05) is 25.2 Å². The third-order valence-electron chi connectivity index (χ3n) is 4.93. The molecule has 2 fully saturated rings. The lowest BCUT2D eigenvalue weighted by Gasteiger charge is -2.28. The van der Waals surface area contributed by atoms with E-state index in [0.717, 1.165) is 18.3 Å². The first-order valence-electron chi connectivity index (χ1n) is 9.07. The Bertz CT molecular complexity index is 525. The Morgan fingerprint density at radius 1 is 1.08 bits per heavy atom. The van der Waals surface area contributed by atoms with Crippen LogP contribution in [0, 0.1) is 0 Å². The number of benzene rings is 1. The van der Waals surface area contributed by atoms with Crippen LogP contribution >= 0.6 is 24.0 Å². The van der Waals surface area contributed by atoms with Crippen LogP contribution in [0.1, 0.15) is 56.9 Å². The van der Waals surface area contributed by atoms with Crippen molar-refractivity contribution in [2.45, 2.75) is 70.1 Å². The van der Waals surface area contributed by atoms with Crippen LogP contribution in [0.15, 0.2) is 29.3 Å². The van der Waals surface area contributed by atoms with Crippen LogP contribution in [0.3, 0.4) is 0 Å². The average Bonchev–Trinajstić information content (AvgIpc) is 2.56. The summed E-state index contributed by atoms with van der Waals surface area (Å²) in [5.41, 5.74) is 1.20. The molecule has 24 heavy (non-hydrogen) atoms. The minimum absolute atomic E-state index is 0. The number of hydrogen-bond acceptors (Lipinski definition) is 2. The van der Waals surface area contributed by atoms with Gasteiger partial charge in [-0.1, -0.05) is 37.5 Å². The first-order chi connectivity index (χ1) is 11.3. The molecule has 0 saturated heterocycles. The molecular weight excluding hydrogens is 413 g/mol. The number of rotatable bonds is 5. The van der Waals surface area contributed by atoms with Crippen molar-refractivity contribution in [2.24, 2.45) is 4.99 Å². The fourth-order valence-corrected chi connectivity index (χ4v) is 3.25. The second-order valence-electron chi connectivity index (χ2n) is 6.68. The average molecular weight is 443 g/mol. The zero-order valence-corrected chi connectivity index (χ0v) is 16.9. The van der Waals surface area contributed by atoms with E-state index in [-0.39, 0.29) is 24.0 Å². The normalized spacial score (nSPS) is 19.1. The van der Waals surface area contributed by atoms with Crippen molar-refractivity contribution in [1.29, 1.82) is 0 Å². The van der Waals surface area contributed by atoms with Gasteiger partial charge in [0.15, 0.2) is 5.96 Å². The highest BCUT2D eigenvalue weighted by molar-refractivity contribution is 14.0. The van der Waals surface area contributed by atoms with E-state index in [2.05, 4.69) is 33.8 Å². The second kappa shape index (κ2) is 10.1. The summed E-state index contributed by atoms with van der Waals surface area (Å²) >= 11 is 0. The Balaban J connectivity index is 0.00000208. The van der Waals surface area contributed by atoms with Crippen molar-refractivity contribution in [2.75, 3.05) is 7.05 Å². The van der Waals surface area contributed by atoms with Crippen LogP contribution in [0.2, 0.25) is 0 Å². The highest BCUT2D eigenvalue weighted by Crippen LogP contribution is 2.27. The molecule has 0 heterocycles. The van der Waals surface area contributed by atoms with Crippen molar-refractivity contribution in [3.8, 4) is 5.75 Å². The zero-order valence-electron chi connectivity index (χ0n) is 14.6. The van der Waals surface area contributed by atoms with Crippen LogP contribution in [0.4, 0.5) is 0 Å². The predicted octanol–water partition coefficient (Wildman–Crippen LogP) is 4.23. The van der Waals surface area contributed by atoms with Gasteiger partial charge in [0.2, 0.25) is 0 Å².